The summed E-state index contributed by atoms with van der Waals surface area (Å²) in [6, 6.07) is 0.398. The number of nitrogens with two attached hydrogens (primary N) is 1. The number of ether oxygens (including phenoxy) is 3. The van der Waals surface area contributed by atoms with Crippen molar-refractivity contribution >= 4 is 0 Å². The summed E-state index contributed by atoms with van der Waals surface area (Å²) in [5, 5.41) is 0. The number of rotatable bonds is 5. The van der Waals surface area contributed by atoms with Gasteiger partial charge in [0.25, 0.3) is 0 Å². The van der Waals surface area contributed by atoms with Crippen molar-refractivity contribution in [3.05, 3.63) is 0 Å². The first-order valence-corrected chi connectivity index (χ1v) is 6.37. The molecule has 0 aliphatic carbocycles. The minimum Gasteiger partial charge on any atom is -0.381 e. The number of hydrogen-bond acceptors (Lipinski definition) is 5. The second kappa shape index (κ2) is 6.11. The Morgan fingerprint density at radius 3 is 2.35 bits per heavy atom. The van der Waals surface area contributed by atoms with Gasteiger partial charge in [-0.05, 0) is 6.42 Å². The molecule has 2 N–H and O–H groups in total. The van der Waals surface area contributed by atoms with Crippen LogP contribution in [0.15, 0.2) is 0 Å². The summed E-state index contributed by atoms with van der Waals surface area (Å²) in [5.74, 6) is 0.563. The van der Waals surface area contributed by atoms with Gasteiger partial charge < -0.3 is 19.9 Å². The molecule has 4 atom stereocenters. The van der Waals surface area contributed by atoms with Crippen LogP contribution in [0.2, 0.25) is 0 Å². The van der Waals surface area contributed by atoms with Crippen LogP contribution in [0, 0.1) is 5.92 Å². The van der Waals surface area contributed by atoms with Crippen molar-refractivity contribution in [1.82, 2.24) is 4.90 Å². The number of likely N-dealkylation sites (tertiary alicyclic amines) is 1. The molecule has 0 spiro atoms. The lowest BCUT2D eigenvalue weighted by atomic mass is 9.98. The average molecular weight is 244 g/mol. The minimum absolute atomic E-state index is 0.163. The van der Waals surface area contributed by atoms with Crippen LogP contribution in [-0.2, 0) is 14.2 Å². The average Bonchev–Trinajstić information content (AvgIpc) is 2.99. The Morgan fingerprint density at radius 2 is 1.94 bits per heavy atom. The third kappa shape index (κ3) is 2.80. The van der Waals surface area contributed by atoms with Gasteiger partial charge in [-0.15, -0.1) is 0 Å². The van der Waals surface area contributed by atoms with Gasteiger partial charge >= 0.3 is 0 Å². The molecule has 17 heavy (non-hydrogen) atoms. The third-order valence-electron chi connectivity index (χ3n) is 4.07. The van der Waals surface area contributed by atoms with Crippen LogP contribution in [-0.4, -0.2) is 70.2 Å². The van der Waals surface area contributed by atoms with E-state index in [0.29, 0.717) is 18.5 Å². The van der Waals surface area contributed by atoms with E-state index < -0.39 is 0 Å². The van der Waals surface area contributed by atoms with Crippen molar-refractivity contribution in [3.63, 3.8) is 0 Å². The first-order valence-electron chi connectivity index (χ1n) is 6.37. The van der Waals surface area contributed by atoms with Crippen LogP contribution >= 0.6 is 0 Å². The molecule has 0 aromatic heterocycles. The van der Waals surface area contributed by atoms with Gasteiger partial charge in [0, 0.05) is 52.4 Å². The lowest BCUT2D eigenvalue weighted by molar-refractivity contribution is -0.00461. The molecule has 2 rings (SSSR count). The molecule has 0 amide bonds. The van der Waals surface area contributed by atoms with Gasteiger partial charge in [0.2, 0.25) is 0 Å². The lowest BCUT2D eigenvalue weighted by Crippen LogP contribution is -2.45. The zero-order chi connectivity index (χ0) is 12.3. The molecule has 2 saturated heterocycles. The minimum atomic E-state index is 0.163. The van der Waals surface area contributed by atoms with Crippen molar-refractivity contribution in [2.75, 3.05) is 47.1 Å². The number of methoxy groups -OCH3 is 2. The molecule has 0 aromatic rings. The van der Waals surface area contributed by atoms with Gasteiger partial charge in [-0.25, -0.2) is 0 Å². The molecule has 0 saturated carbocycles. The summed E-state index contributed by atoms with van der Waals surface area (Å²) in [7, 11) is 3.49. The smallest absolute Gasteiger partial charge is 0.0971 e. The van der Waals surface area contributed by atoms with E-state index in [1.807, 2.05) is 0 Å². The maximum Gasteiger partial charge on any atom is 0.0971 e. The highest BCUT2D eigenvalue weighted by molar-refractivity contribution is 4.92. The fraction of sp³-hybridized carbons (Fsp3) is 1.00. The topological polar surface area (TPSA) is 57.0 Å². The van der Waals surface area contributed by atoms with Crippen LogP contribution in [0.4, 0.5) is 0 Å². The van der Waals surface area contributed by atoms with Gasteiger partial charge in [-0.1, -0.05) is 0 Å². The Kier molecular flexibility index (Phi) is 4.76. The lowest BCUT2D eigenvalue weighted by Gasteiger charge is -2.30. The van der Waals surface area contributed by atoms with Crippen LogP contribution in [0.1, 0.15) is 6.42 Å². The van der Waals surface area contributed by atoms with Crippen LogP contribution in [0.3, 0.4) is 0 Å². The monoisotopic (exact) mass is 244 g/mol. The summed E-state index contributed by atoms with van der Waals surface area (Å²) < 4.78 is 16.4. The van der Waals surface area contributed by atoms with E-state index in [2.05, 4.69) is 4.90 Å². The molecule has 2 heterocycles. The number of hydrogen-bond donors (Lipinski definition) is 1. The highest BCUT2D eigenvalue weighted by atomic mass is 16.5. The second-order valence-electron chi connectivity index (χ2n) is 4.93. The molecule has 0 aromatic carbocycles. The van der Waals surface area contributed by atoms with Gasteiger partial charge in [0.1, 0.15) is 0 Å². The maximum atomic E-state index is 5.93. The third-order valence-corrected chi connectivity index (χ3v) is 4.07. The maximum absolute atomic E-state index is 5.93. The summed E-state index contributed by atoms with van der Waals surface area (Å²) in [6.45, 7) is 4.21. The highest BCUT2D eigenvalue weighted by Gasteiger charge is 2.39. The van der Waals surface area contributed by atoms with Crippen LogP contribution in [0.25, 0.3) is 0 Å². The van der Waals surface area contributed by atoms with E-state index in [1.165, 1.54) is 0 Å². The highest BCUT2D eigenvalue weighted by Crippen LogP contribution is 2.25. The van der Waals surface area contributed by atoms with Crippen molar-refractivity contribution in [1.29, 1.82) is 0 Å². The Hall–Kier alpha value is -0.200. The fourth-order valence-corrected chi connectivity index (χ4v) is 2.99. The summed E-state index contributed by atoms with van der Waals surface area (Å²) >= 11 is 0. The van der Waals surface area contributed by atoms with Crippen LogP contribution < -0.4 is 5.73 Å². The van der Waals surface area contributed by atoms with Gasteiger partial charge in [0.05, 0.1) is 18.8 Å². The molecular weight excluding hydrogens is 220 g/mol. The molecule has 5 nitrogen and oxygen atoms in total. The van der Waals surface area contributed by atoms with E-state index in [1.54, 1.807) is 14.2 Å². The predicted octanol–water partition coefficient (Wildman–Crippen LogP) is -0.304. The second-order valence-corrected chi connectivity index (χ2v) is 4.93. The SMILES string of the molecule is COC1CN(C(CN)C2CCOC2)CC1OC. The molecule has 2 fully saturated rings. The van der Waals surface area contributed by atoms with E-state index in [-0.39, 0.29) is 12.2 Å². The van der Waals surface area contributed by atoms with Crippen molar-refractivity contribution < 1.29 is 14.2 Å². The zero-order valence-corrected chi connectivity index (χ0v) is 10.8. The Balaban J connectivity index is 1.96. The zero-order valence-electron chi connectivity index (χ0n) is 10.8. The van der Waals surface area contributed by atoms with Gasteiger partial charge in [-0.3, -0.25) is 4.90 Å². The van der Waals surface area contributed by atoms with Crippen LogP contribution in [0.5, 0.6) is 0 Å². The first kappa shape index (κ1) is 13.2. The van der Waals surface area contributed by atoms with Crippen molar-refractivity contribution in [2.24, 2.45) is 11.7 Å². The summed E-state index contributed by atoms with van der Waals surface area (Å²) in [5.41, 5.74) is 5.93. The van der Waals surface area contributed by atoms with E-state index >= 15 is 0 Å². The summed E-state index contributed by atoms with van der Waals surface area (Å²) in [6.07, 6.45) is 1.45. The van der Waals surface area contributed by atoms with E-state index in [9.17, 15) is 0 Å². The molecule has 4 unspecified atom stereocenters. The molecule has 2 aliphatic rings. The van der Waals surface area contributed by atoms with Gasteiger partial charge in [0.15, 0.2) is 0 Å². The fourth-order valence-electron chi connectivity index (χ4n) is 2.99. The standard InChI is InChI=1S/C12H24N2O3/c1-15-11-6-14(7-12(11)16-2)10(5-13)9-3-4-17-8-9/h9-12H,3-8,13H2,1-2H3. The normalized spacial score (nSPS) is 36.5. The Labute approximate surface area is 103 Å². The Morgan fingerprint density at radius 1 is 1.29 bits per heavy atom. The molecule has 0 radical (unpaired) electrons. The predicted molar refractivity (Wildman–Crippen MR) is 64.9 cm³/mol. The molecule has 2 aliphatic heterocycles. The Bertz CT molecular complexity index is 222. The van der Waals surface area contributed by atoms with E-state index in [4.69, 9.17) is 19.9 Å². The largest absolute Gasteiger partial charge is 0.381 e. The van der Waals surface area contributed by atoms with Gasteiger partial charge in [-0.2, -0.15) is 0 Å². The van der Waals surface area contributed by atoms with Crippen molar-refractivity contribution in [3.8, 4) is 0 Å². The molecule has 100 valence electrons. The first-order chi connectivity index (χ1) is 8.30. The molecular formula is C12H24N2O3. The molecule has 5 heteroatoms. The summed E-state index contributed by atoms with van der Waals surface area (Å²) in [4.78, 5) is 2.40. The van der Waals surface area contributed by atoms with Crippen molar-refractivity contribution in [2.45, 2.75) is 24.7 Å². The van der Waals surface area contributed by atoms with E-state index in [0.717, 1.165) is 32.7 Å². The quantitative estimate of drug-likeness (QED) is 0.719. The molecule has 0 bridgehead atoms. The number of nitrogens with zero attached hydrogens (tertiary/aromatic N) is 1.